The highest BCUT2D eigenvalue weighted by Gasteiger charge is 2.32. The number of hydrogen-bond acceptors (Lipinski definition) is 4. The zero-order chi connectivity index (χ0) is 27.4. The van der Waals surface area contributed by atoms with Gasteiger partial charge in [-0.1, -0.05) is 72.3 Å². The Labute approximate surface area is 230 Å². The third-order valence-electron chi connectivity index (χ3n) is 7.94. The van der Waals surface area contributed by atoms with Gasteiger partial charge in [0.05, 0.1) is 18.3 Å². The highest BCUT2D eigenvalue weighted by Crippen LogP contribution is 2.33. The van der Waals surface area contributed by atoms with Gasteiger partial charge < -0.3 is 4.74 Å². The van der Waals surface area contributed by atoms with Gasteiger partial charge in [-0.2, -0.15) is 0 Å². The van der Waals surface area contributed by atoms with E-state index in [0.29, 0.717) is 12.5 Å². The fourth-order valence-corrected chi connectivity index (χ4v) is 5.64. The molecule has 39 heavy (non-hydrogen) atoms. The zero-order valence-corrected chi connectivity index (χ0v) is 23.0. The van der Waals surface area contributed by atoms with Crippen molar-refractivity contribution in [2.75, 3.05) is 19.7 Å². The third-order valence-corrected chi connectivity index (χ3v) is 7.94. The van der Waals surface area contributed by atoms with E-state index in [4.69, 9.17) is 4.74 Å². The summed E-state index contributed by atoms with van der Waals surface area (Å²) < 4.78 is 8.91. The molecular formula is C33H37N3O3. The monoisotopic (exact) mass is 523 g/mol. The second-order valence-corrected chi connectivity index (χ2v) is 10.4. The average Bonchev–Trinajstić information content (AvgIpc) is 3.35. The Balaban J connectivity index is 1.27. The van der Waals surface area contributed by atoms with E-state index in [2.05, 4.69) is 55.1 Å². The number of ether oxygens (including phenoxy) is 1. The molecule has 1 fully saturated rings. The number of aryl methyl sites for hydroxylation is 1. The van der Waals surface area contributed by atoms with E-state index in [0.717, 1.165) is 42.7 Å². The van der Waals surface area contributed by atoms with Gasteiger partial charge in [0.1, 0.15) is 6.04 Å². The Morgan fingerprint density at radius 3 is 2.21 bits per heavy atom. The molecule has 1 unspecified atom stereocenters. The summed E-state index contributed by atoms with van der Waals surface area (Å²) in [5, 5.41) is 0. The first-order chi connectivity index (χ1) is 19.0. The number of aromatic nitrogens is 2. The fourth-order valence-electron chi connectivity index (χ4n) is 5.64. The summed E-state index contributed by atoms with van der Waals surface area (Å²) in [4.78, 5) is 28.3. The molecular weight excluding hydrogens is 486 g/mol. The van der Waals surface area contributed by atoms with E-state index in [9.17, 15) is 9.59 Å². The summed E-state index contributed by atoms with van der Waals surface area (Å²) in [7, 11) is 0. The van der Waals surface area contributed by atoms with Crippen LogP contribution in [0.4, 0.5) is 0 Å². The Bertz CT molecular complexity index is 1430. The van der Waals surface area contributed by atoms with Crippen molar-refractivity contribution in [3.8, 4) is 5.69 Å². The first-order valence-corrected chi connectivity index (χ1v) is 13.9. The summed E-state index contributed by atoms with van der Waals surface area (Å²) in [5.41, 5.74) is 5.38. The van der Waals surface area contributed by atoms with Crippen LogP contribution < -0.4 is 5.69 Å². The standard InChI is InChI=1S/C33H37N3O3/c1-4-39-32(37)31(29-8-6-5-7-9-29)34-20-18-28(19-21-34)27-14-16-30(17-15-27)36-23-22-35(33(36)38)25(3)26-12-10-24(2)11-13-26/h5-17,22-23,25,28,31H,4,18-21H2,1-3H3/t25-,31?/m0/s1. The summed E-state index contributed by atoms with van der Waals surface area (Å²) >= 11 is 0. The van der Waals surface area contributed by atoms with Crippen LogP contribution in [0.2, 0.25) is 0 Å². The number of likely N-dealkylation sites (tertiary alicyclic amines) is 1. The van der Waals surface area contributed by atoms with E-state index >= 15 is 0 Å². The van der Waals surface area contributed by atoms with Crippen molar-refractivity contribution in [3.63, 3.8) is 0 Å². The lowest BCUT2D eigenvalue weighted by atomic mass is 9.88. The minimum absolute atomic E-state index is 0.0434. The van der Waals surface area contributed by atoms with Gasteiger partial charge in [-0.25, -0.2) is 9.59 Å². The maximum Gasteiger partial charge on any atom is 0.333 e. The lowest BCUT2D eigenvalue weighted by Gasteiger charge is -2.36. The fraction of sp³-hybridized carbons (Fsp3) is 0.333. The second kappa shape index (κ2) is 11.9. The Morgan fingerprint density at radius 2 is 1.56 bits per heavy atom. The van der Waals surface area contributed by atoms with E-state index < -0.39 is 0 Å². The van der Waals surface area contributed by atoms with Gasteiger partial charge in [-0.3, -0.25) is 14.0 Å². The van der Waals surface area contributed by atoms with Crippen molar-refractivity contribution in [2.24, 2.45) is 0 Å². The smallest absolute Gasteiger partial charge is 0.333 e. The molecule has 0 saturated carbocycles. The number of esters is 1. The first kappa shape index (κ1) is 26.7. The van der Waals surface area contributed by atoms with Crippen LogP contribution in [0.1, 0.15) is 66.9 Å². The second-order valence-electron chi connectivity index (χ2n) is 10.4. The van der Waals surface area contributed by atoms with Crippen LogP contribution in [0.5, 0.6) is 0 Å². The molecule has 0 amide bonds. The van der Waals surface area contributed by atoms with Gasteiger partial charge in [-0.15, -0.1) is 0 Å². The lowest BCUT2D eigenvalue weighted by Crippen LogP contribution is -2.40. The molecule has 1 saturated heterocycles. The van der Waals surface area contributed by atoms with Crippen LogP contribution in [0.3, 0.4) is 0 Å². The van der Waals surface area contributed by atoms with Crippen molar-refractivity contribution < 1.29 is 9.53 Å². The first-order valence-electron chi connectivity index (χ1n) is 13.9. The van der Waals surface area contributed by atoms with Gasteiger partial charge >= 0.3 is 11.7 Å². The molecule has 1 aromatic heterocycles. The largest absolute Gasteiger partial charge is 0.465 e. The Hall–Kier alpha value is -3.90. The lowest BCUT2D eigenvalue weighted by molar-refractivity contribution is -0.150. The molecule has 0 aliphatic carbocycles. The molecule has 0 bridgehead atoms. The molecule has 0 N–H and O–H groups in total. The number of piperidine rings is 1. The molecule has 6 heteroatoms. The van der Waals surface area contributed by atoms with Crippen molar-refractivity contribution in [3.05, 3.63) is 124 Å². The topological polar surface area (TPSA) is 56.5 Å². The van der Waals surface area contributed by atoms with E-state index in [1.165, 1.54) is 11.1 Å². The number of carbonyl (C=O) groups excluding carboxylic acids is 1. The van der Waals surface area contributed by atoms with E-state index in [-0.39, 0.29) is 23.7 Å². The minimum Gasteiger partial charge on any atom is -0.465 e. The predicted octanol–water partition coefficient (Wildman–Crippen LogP) is 6.04. The molecule has 3 aromatic carbocycles. The average molecular weight is 524 g/mol. The third kappa shape index (κ3) is 5.76. The number of imidazole rings is 1. The van der Waals surface area contributed by atoms with Crippen molar-refractivity contribution in [1.82, 2.24) is 14.0 Å². The maximum atomic E-state index is 13.2. The highest BCUT2D eigenvalue weighted by atomic mass is 16.5. The van der Waals surface area contributed by atoms with Crippen molar-refractivity contribution in [1.29, 1.82) is 0 Å². The zero-order valence-electron chi connectivity index (χ0n) is 23.0. The number of benzene rings is 3. The van der Waals surface area contributed by atoms with Crippen LogP contribution >= 0.6 is 0 Å². The molecule has 202 valence electrons. The summed E-state index contributed by atoms with van der Waals surface area (Å²) in [5.74, 6) is 0.234. The molecule has 2 atom stereocenters. The molecule has 6 nitrogen and oxygen atoms in total. The van der Waals surface area contributed by atoms with Gasteiger partial charge in [0.2, 0.25) is 0 Å². The molecule has 1 aliphatic rings. The number of rotatable bonds is 8. The van der Waals surface area contributed by atoms with E-state index in [1.807, 2.05) is 61.8 Å². The molecule has 4 aromatic rings. The number of hydrogen-bond donors (Lipinski definition) is 0. The van der Waals surface area contributed by atoms with Crippen LogP contribution in [-0.4, -0.2) is 39.7 Å². The summed E-state index contributed by atoms with van der Waals surface area (Å²) in [6, 6.07) is 26.2. The van der Waals surface area contributed by atoms with Crippen molar-refractivity contribution >= 4 is 5.97 Å². The molecule has 0 spiro atoms. The Kier molecular flexibility index (Phi) is 8.13. The van der Waals surface area contributed by atoms with Gasteiger partial charge in [0.15, 0.2) is 0 Å². The summed E-state index contributed by atoms with van der Waals surface area (Å²) in [6.45, 7) is 7.99. The van der Waals surface area contributed by atoms with Crippen LogP contribution in [0.15, 0.2) is 96.1 Å². The normalized spacial score (nSPS) is 16.1. The minimum atomic E-state index is -0.368. The van der Waals surface area contributed by atoms with Gasteiger partial charge in [-0.05, 0) is 81.4 Å². The maximum absolute atomic E-state index is 13.2. The van der Waals surface area contributed by atoms with Gasteiger partial charge in [0.25, 0.3) is 0 Å². The predicted molar refractivity (Wildman–Crippen MR) is 154 cm³/mol. The van der Waals surface area contributed by atoms with Crippen molar-refractivity contribution in [2.45, 2.75) is 51.6 Å². The SMILES string of the molecule is CCOC(=O)C(c1ccccc1)N1CCC(c2ccc(-n3ccn([C@@H](C)c4ccc(C)cc4)c3=O)cc2)CC1. The summed E-state index contributed by atoms with van der Waals surface area (Å²) in [6.07, 6.45) is 5.64. The molecule has 5 rings (SSSR count). The highest BCUT2D eigenvalue weighted by molar-refractivity contribution is 5.77. The van der Waals surface area contributed by atoms with Crippen LogP contribution in [0, 0.1) is 6.92 Å². The van der Waals surface area contributed by atoms with E-state index in [1.54, 1.807) is 9.13 Å². The van der Waals surface area contributed by atoms with Gasteiger partial charge in [0, 0.05) is 12.4 Å². The number of nitrogens with zero attached hydrogens (tertiary/aromatic N) is 3. The molecule has 0 radical (unpaired) electrons. The quantitative estimate of drug-likeness (QED) is 0.264. The van der Waals surface area contributed by atoms with Crippen LogP contribution in [0.25, 0.3) is 5.69 Å². The molecule has 1 aliphatic heterocycles. The number of carbonyl (C=O) groups is 1. The van der Waals surface area contributed by atoms with Crippen LogP contribution in [-0.2, 0) is 9.53 Å². The Morgan fingerprint density at radius 1 is 0.897 bits per heavy atom. The molecule has 2 heterocycles.